The van der Waals surface area contributed by atoms with Crippen LogP contribution in [-0.4, -0.2) is 53.0 Å². The van der Waals surface area contributed by atoms with Gasteiger partial charge in [0.15, 0.2) is 0 Å². The minimum absolute atomic E-state index is 0.00956. The molecular formula is C20H29N3O3. The zero-order valence-electron chi connectivity index (χ0n) is 15.5. The molecule has 1 aromatic rings. The van der Waals surface area contributed by atoms with Gasteiger partial charge >= 0.3 is 6.09 Å². The van der Waals surface area contributed by atoms with E-state index in [-0.39, 0.29) is 30.7 Å². The highest BCUT2D eigenvalue weighted by Crippen LogP contribution is 2.29. The van der Waals surface area contributed by atoms with Crippen molar-refractivity contribution in [3.05, 3.63) is 35.9 Å². The van der Waals surface area contributed by atoms with Gasteiger partial charge in [0, 0.05) is 19.1 Å². The van der Waals surface area contributed by atoms with Gasteiger partial charge in [-0.3, -0.25) is 4.79 Å². The van der Waals surface area contributed by atoms with Gasteiger partial charge < -0.3 is 20.3 Å². The van der Waals surface area contributed by atoms with Crippen molar-refractivity contribution in [3.63, 3.8) is 0 Å². The SMILES string of the molecule is C[C@H](N)C(=O)N(C[C@H]1CCCCN1C(=O)OCc1ccccc1)C1CC1. The van der Waals surface area contributed by atoms with Crippen LogP contribution >= 0.6 is 0 Å². The molecule has 2 atom stereocenters. The van der Waals surface area contributed by atoms with Crippen molar-refractivity contribution >= 4 is 12.0 Å². The lowest BCUT2D eigenvalue weighted by molar-refractivity contribution is -0.133. The van der Waals surface area contributed by atoms with Gasteiger partial charge in [0.25, 0.3) is 0 Å². The first-order valence-electron chi connectivity index (χ1n) is 9.59. The van der Waals surface area contributed by atoms with Crippen LogP contribution < -0.4 is 5.73 Å². The van der Waals surface area contributed by atoms with Gasteiger partial charge in [0.1, 0.15) is 6.61 Å². The normalized spacial score (nSPS) is 21.2. The van der Waals surface area contributed by atoms with Crippen LogP contribution in [0.4, 0.5) is 4.79 Å². The molecular weight excluding hydrogens is 330 g/mol. The first-order valence-corrected chi connectivity index (χ1v) is 9.59. The molecule has 26 heavy (non-hydrogen) atoms. The first kappa shape index (κ1) is 18.7. The lowest BCUT2D eigenvalue weighted by Gasteiger charge is -2.38. The molecule has 2 N–H and O–H groups in total. The molecule has 0 spiro atoms. The second kappa shape index (κ2) is 8.54. The Morgan fingerprint density at radius 2 is 1.96 bits per heavy atom. The van der Waals surface area contributed by atoms with Crippen molar-refractivity contribution < 1.29 is 14.3 Å². The highest BCUT2D eigenvalue weighted by atomic mass is 16.6. The maximum atomic E-state index is 12.6. The van der Waals surface area contributed by atoms with Crippen LogP contribution in [0.3, 0.4) is 0 Å². The van der Waals surface area contributed by atoms with Crippen molar-refractivity contribution in [1.29, 1.82) is 0 Å². The van der Waals surface area contributed by atoms with Crippen LogP contribution in [0, 0.1) is 0 Å². The predicted octanol–water partition coefficient (Wildman–Crippen LogP) is 2.52. The molecule has 0 aromatic heterocycles. The van der Waals surface area contributed by atoms with Gasteiger partial charge in [-0.2, -0.15) is 0 Å². The fourth-order valence-electron chi connectivity index (χ4n) is 3.53. The Kier molecular flexibility index (Phi) is 6.14. The summed E-state index contributed by atoms with van der Waals surface area (Å²) in [5.41, 5.74) is 6.79. The highest BCUT2D eigenvalue weighted by molar-refractivity contribution is 5.82. The van der Waals surface area contributed by atoms with Crippen molar-refractivity contribution in [2.45, 2.75) is 63.8 Å². The third kappa shape index (κ3) is 4.75. The van der Waals surface area contributed by atoms with Crippen LogP contribution in [0.5, 0.6) is 0 Å². The summed E-state index contributed by atoms with van der Waals surface area (Å²) in [5.74, 6) is -0.0179. The second-order valence-corrected chi connectivity index (χ2v) is 7.39. The van der Waals surface area contributed by atoms with E-state index in [2.05, 4.69) is 0 Å². The van der Waals surface area contributed by atoms with E-state index in [0.717, 1.165) is 37.7 Å². The lowest BCUT2D eigenvalue weighted by atomic mass is 10.0. The largest absolute Gasteiger partial charge is 0.445 e. The minimum atomic E-state index is -0.502. The van der Waals surface area contributed by atoms with Gasteiger partial charge in [-0.25, -0.2) is 4.79 Å². The van der Waals surface area contributed by atoms with E-state index < -0.39 is 6.04 Å². The van der Waals surface area contributed by atoms with E-state index in [9.17, 15) is 9.59 Å². The Hall–Kier alpha value is -2.08. The third-order valence-electron chi connectivity index (χ3n) is 5.13. The van der Waals surface area contributed by atoms with Gasteiger partial charge in [0.2, 0.25) is 5.91 Å². The maximum absolute atomic E-state index is 12.6. The van der Waals surface area contributed by atoms with Crippen LogP contribution in [0.2, 0.25) is 0 Å². The molecule has 0 radical (unpaired) electrons. The molecule has 1 aliphatic carbocycles. The molecule has 142 valence electrons. The zero-order valence-corrected chi connectivity index (χ0v) is 15.5. The standard InChI is InChI=1S/C20H29N3O3/c1-15(21)19(24)23(17-10-11-17)13-18-9-5-6-12-22(18)20(25)26-14-16-7-3-2-4-8-16/h2-4,7-8,15,17-18H,5-6,9-14,21H2,1H3/t15-,18+/m0/s1. The summed E-state index contributed by atoms with van der Waals surface area (Å²) in [5, 5.41) is 0. The quantitative estimate of drug-likeness (QED) is 0.847. The molecule has 1 saturated heterocycles. The Balaban J connectivity index is 1.61. The first-order chi connectivity index (χ1) is 12.6. The van der Waals surface area contributed by atoms with E-state index in [1.165, 1.54) is 0 Å². The molecule has 6 nitrogen and oxygen atoms in total. The number of nitrogens with two attached hydrogens (primary N) is 1. The Morgan fingerprint density at radius 1 is 1.23 bits per heavy atom. The smallest absolute Gasteiger partial charge is 0.410 e. The Bertz CT molecular complexity index is 616. The van der Waals surface area contributed by atoms with E-state index >= 15 is 0 Å². The summed E-state index contributed by atoms with van der Waals surface area (Å²) >= 11 is 0. The number of rotatable bonds is 6. The highest BCUT2D eigenvalue weighted by Gasteiger charge is 2.38. The number of hydrogen-bond donors (Lipinski definition) is 1. The monoisotopic (exact) mass is 359 g/mol. The number of piperidine rings is 1. The van der Waals surface area contributed by atoms with Crippen molar-refractivity contribution in [2.24, 2.45) is 5.73 Å². The molecule has 1 aromatic carbocycles. The topological polar surface area (TPSA) is 75.9 Å². The predicted molar refractivity (Wildman–Crippen MR) is 99.4 cm³/mol. The van der Waals surface area contributed by atoms with E-state index in [1.54, 1.807) is 11.8 Å². The molecule has 1 aliphatic heterocycles. The van der Waals surface area contributed by atoms with E-state index in [4.69, 9.17) is 10.5 Å². The minimum Gasteiger partial charge on any atom is -0.445 e. The number of benzene rings is 1. The summed E-state index contributed by atoms with van der Waals surface area (Å²) in [7, 11) is 0. The second-order valence-electron chi connectivity index (χ2n) is 7.39. The van der Waals surface area contributed by atoms with Crippen LogP contribution in [0.1, 0.15) is 44.6 Å². The third-order valence-corrected chi connectivity index (χ3v) is 5.13. The number of ether oxygens (including phenoxy) is 1. The lowest BCUT2D eigenvalue weighted by Crippen LogP contribution is -2.53. The van der Waals surface area contributed by atoms with Crippen molar-refractivity contribution in [1.82, 2.24) is 9.80 Å². The van der Waals surface area contributed by atoms with Crippen molar-refractivity contribution in [3.8, 4) is 0 Å². The Morgan fingerprint density at radius 3 is 2.62 bits per heavy atom. The molecule has 2 fully saturated rings. The van der Waals surface area contributed by atoms with Crippen LogP contribution in [-0.2, 0) is 16.1 Å². The number of carbonyl (C=O) groups excluding carboxylic acids is 2. The van der Waals surface area contributed by atoms with Gasteiger partial charge in [-0.05, 0) is 44.6 Å². The fraction of sp³-hybridized carbons (Fsp3) is 0.600. The number of nitrogens with zero attached hydrogens (tertiary/aromatic N) is 2. The molecule has 1 heterocycles. The van der Waals surface area contributed by atoms with E-state index in [0.29, 0.717) is 13.1 Å². The summed E-state index contributed by atoms with van der Waals surface area (Å²) in [4.78, 5) is 28.8. The molecule has 6 heteroatoms. The zero-order chi connectivity index (χ0) is 18.5. The van der Waals surface area contributed by atoms with E-state index in [1.807, 2.05) is 35.2 Å². The number of likely N-dealkylation sites (tertiary alicyclic amines) is 1. The molecule has 2 amide bonds. The molecule has 2 aliphatic rings. The molecule has 3 rings (SSSR count). The number of amides is 2. The summed E-state index contributed by atoms with van der Waals surface area (Å²) in [6, 6.07) is 9.48. The molecule has 1 saturated carbocycles. The molecule has 0 unspecified atom stereocenters. The fourth-order valence-corrected chi connectivity index (χ4v) is 3.53. The molecule has 0 bridgehead atoms. The average Bonchev–Trinajstić information content (AvgIpc) is 3.49. The number of carbonyl (C=O) groups is 2. The maximum Gasteiger partial charge on any atom is 0.410 e. The average molecular weight is 359 g/mol. The van der Waals surface area contributed by atoms with Crippen LogP contribution in [0.15, 0.2) is 30.3 Å². The van der Waals surface area contributed by atoms with Gasteiger partial charge in [0.05, 0.1) is 12.1 Å². The Labute approximate surface area is 155 Å². The number of hydrogen-bond acceptors (Lipinski definition) is 4. The van der Waals surface area contributed by atoms with Crippen LogP contribution in [0.25, 0.3) is 0 Å². The summed E-state index contributed by atoms with van der Waals surface area (Å²) in [6.07, 6.45) is 4.71. The van der Waals surface area contributed by atoms with Crippen molar-refractivity contribution in [2.75, 3.05) is 13.1 Å². The van der Waals surface area contributed by atoms with Gasteiger partial charge in [-0.1, -0.05) is 30.3 Å². The summed E-state index contributed by atoms with van der Waals surface area (Å²) < 4.78 is 5.52. The summed E-state index contributed by atoms with van der Waals surface area (Å²) in [6.45, 7) is 3.24. The van der Waals surface area contributed by atoms with Gasteiger partial charge in [-0.15, -0.1) is 0 Å².